The maximum Gasteiger partial charge on any atom is 0.337 e. The lowest BCUT2D eigenvalue weighted by molar-refractivity contribution is 0.0698. The van der Waals surface area contributed by atoms with Crippen LogP contribution in [0, 0.1) is 6.92 Å². The van der Waals surface area contributed by atoms with Gasteiger partial charge in [0, 0.05) is 4.47 Å². The molecule has 8 heteroatoms. The van der Waals surface area contributed by atoms with Gasteiger partial charge in [-0.15, -0.1) is 0 Å². The molecule has 0 unspecified atom stereocenters. The molecule has 0 aromatic heterocycles. The standard InChI is InChI=1S/C15H14BrNO5S/c1-9-7-13(22-2)14(8-11(9)16)23(20,21)17-12-6-4-3-5-10(12)15(18)19/h3-8,17H,1-2H3,(H,18,19). The number of aromatic carboxylic acids is 1. The molecular weight excluding hydrogens is 386 g/mol. The molecule has 0 saturated carbocycles. The van der Waals surface area contributed by atoms with Crippen molar-refractivity contribution in [3.8, 4) is 5.75 Å². The fourth-order valence-electron chi connectivity index (χ4n) is 1.96. The van der Waals surface area contributed by atoms with Gasteiger partial charge < -0.3 is 9.84 Å². The Hall–Kier alpha value is -2.06. The highest BCUT2D eigenvalue weighted by atomic mass is 79.9. The van der Waals surface area contributed by atoms with E-state index >= 15 is 0 Å². The van der Waals surface area contributed by atoms with E-state index in [-0.39, 0.29) is 21.9 Å². The maximum absolute atomic E-state index is 12.6. The molecule has 0 atom stereocenters. The van der Waals surface area contributed by atoms with Crippen LogP contribution >= 0.6 is 15.9 Å². The van der Waals surface area contributed by atoms with Crippen LogP contribution in [0.15, 0.2) is 45.8 Å². The van der Waals surface area contributed by atoms with E-state index in [9.17, 15) is 13.2 Å². The first-order chi connectivity index (χ1) is 10.8. The molecule has 2 aromatic rings. The fraction of sp³-hybridized carbons (Fsp3) is 0.133. The van der Waals surface area contributed by atoms with Gasteiger partial charge in [0.25, 0.3) is 10.0 Å². The van der Waals surface area contributed by atoms with Gasteiger partial charge in [-0.05, 0) is 36.8 Å². The zero-order chi connectivity index (χ0) is 17.2. The minimum absolute atomic E-state index is 0.0150. The lowest BCUT2D eigenvalue weighted by Gasteiger charge is -2.14. The number of nitrogens with one attached hydrogen (secondary N) is 1. The normalized spacial score (nSPS) is 11.1. The van der Waals surface area contributed by atoms with Gasteiger partial charge >= 0.3 is 5.97 Å². The SMILES string of the molecule is COc1cc(C)c(Br)cc1S(=O)(=O)Nc1ccccc1C(=O)O. The minimum atomic E-state index is -4.02. The molecular formula is C15H14BrNO5S. The van der Waals surface area contributed by atoms with Crippen molar-refractivity contribution in [2.24, 2.45) is 0 Å². The molecule has 0 amide bonds. The molecule has 0 aliphatic heterocycles. The lowest BCUT2D eigenvalue weighted by atomic mass is 10.2. The Morgan fingerprint density at radius 1 is 1.26 bits per heavy atom. The zero-order valence-corrected chi connectivity index (χ0v) is 14.7. The van der Waals surface area contributed by atoms with Crippen molar-refractivity contribution in [1.29, 1.82) is 0 Å². The third kappa shape index (κ3) is 3.65. The molecule has 0 fully saturated rings. The van der Waals surface area contributed by atoms with Gasteiger partial charge in [0.05, 0.1) is 18.4 Å². The smallest absolute Gasteiger partial charge is 0.337 e. The molecule has 0 heterocycles. The number of aryl methyl sites for hydroxylation is 1. The molecule has 0 spiro atoms. The largest absolute Gasteiger partial charge is 0.495 e. The summed E-state index contributed by atoms with van der Waals surface area (Å²) in [4.78, 5) is 11.1. The van der Waals surface area contributed by atoms with Crippen LogP contribution in [0.25, 0.3) is 0 Å². The molecule has 2 rings (SSSR count). The van der Waals surface area contributed by atoms with Crippen molar-refractivity contribution in [3.05, 3.63) is 52.0 Å². The Labute approximate surface area is 142 Å². The highest BCUT2D eigenvalue weighted by Gasteiger charge is 2.23. The van der Waals surface area contributed by atoms with Crippen molar-refractivity contribution in [1.82, 2.24) is 0 Å². The second kappa shape index (κ2) is 6.59. The molecule has 0 aliphatic rings. The molecule has 0 saturated heterocycles. The van der Waals surface area contributed by atoms with Gasteiger partial charge in [0.1, 0.15) is 10.6 Å². The Morgan fingerprint density at radius 2 is 1.91 bits per heavy atom. The number of benzene rings is 2. The van der Waals surface area contributed by atoms with Crippen molar-refractivity contribution >= 4 is 37.6 Å². The van der Waals surface area contributed by atoms with Crippen molar-refractivity contribution in [2.45, 2.75) is 11.8 Å². The first-order valence-corrected chi connectivity index (χ1v) is 8.73. The summed E-state index contributed by atoms with van der Waals surface area (Å²) in [5, 5.41) is 9.15. The highest BCUT2D eigenvalue weighted by Crippen LogP contribution is 2.32. The number of carboxylic acids is 1. The number of hydrogen-bond acceptors (Lipinski definition) is 4. The third-order valence-corrected chi connectivity index (χ3v) is 5.38. The molecule has 122 valence electrons. The second-order valence-corrected chi connectivity index (χ2v) is 7.21. The van der Waals surface area contributed by atoms with Gasteiger partial charge in [-0.3, -0.25) is 4.72 Å². The number of carbonyl (C=O) groups is 1. The molecule has 0 aliphatic carbocycles. The third-order valence-electron chi connectivity index (χ3n) is 3.14. The van der Waals surface area contributed by atoms with E-state index < -0.39 is 16.0 Å². The number of para-hydroxylation sites is 1. The van der Waals surface area contributed by atoms with Crippen LogP contribution in [0.5, 0.6) is 5.75 Å². The molecule has 23 heavy (non-hydrogen) atoms. The van der Waals surface area contributed by atoms with E-state index in [1.54, 1.807) is 19.1 Å². The Kier molecular flexibility index (Phi) is 4.96. The number of methoxy groups -OCH3 is 1. The van der Waals surface area contributed by atoms with E-state index in [1.165, 1.54) is 31.4 Å². The molecule has 0 bridgehead atoms. The second-order valence-electron chi connectivity index (χ2n) is 4.71. The summed E-state index contributed by atoms with van der Waals surface area (Å²) < 4.78 is 33.3. The predicted octanol–water partition coefficient (Wildman–Crippen LogP) is 3.27. The number of hydrogen-bond donors (Lipinski definition) is 2. The summed E-state index contributed by atoms with van der Waals surface area (Å²) in [5.74, 6) is -1.05. The van der Waals surface area contributed by atoms with Crippen LogP contribution in [-0.4, -0.2) is 26.6 Å². The summed E-state index contributed by atoms with van der Waals surface area (Å²) in [6, 6.07) is 8.78. The summed E-state index contributed by atoms with van der Waals surface area (Å²) in [5.41, 5.74) is 0.659. The van der Waals surface area contributed by atoms with Crippen LogP contribution in [0.2, 0.25) is 0 Å². The van der Waals surface area contributed by atoms with E-state index in [4.69, 9.17) is 9.84 Å². The van der Waals surface area contributed by atoms with Gasteiger partial charge in [0.15, 0.2) is 0 Å². The fourth-order valence-corrected chi connectivity index (χ4v) is 3.72. The van der Waals surface area contributed by atoms with Crippen LogP contribution in [0.1, 0.15) is 15.9 Å². The van der Waals surface area contributed by atoms with Crippen LogP contribution in [0.4, 0.5) is 5.69 Å². The van der Waals surface area contributed by atoms with Crippen LogP contribution in [0.3, 0.4) is 0 Å². The van der Waals surface area contributed by atoms with Crippen molar-refractivity contribution < 1.29 is 23.1 Å². The average molecular weight is 400 g/mol. The number of anilines is 1. The number of ether oxygens (including phenoxy) is 1. The quantitative estimate of drug-likeness (QED) is 0.804. The molecule has 2 aromatic carbocycles. The summed E-state index contributed by atoms with van der Waals surface area (Å²) in [6.07, 6.45) is 0. The lowest BCUT2D eigenvalue weighted by Crippen LogP contribution is -2.16. The van der Waals surface area contributed by atoms with Crippen molar-refractivity contribution in [3.63, 3.8) is 0 Å². The molecule has 2 N–H and O–H groups in total. The summed E-state index contributed by atoms with van der Waals surface area (Å²) in [7, 11) is -2.65. The van der Waals surface area contributed by atoms with E-state index in [1.807, 2.05) is 0 Å². The van der Waals surface area contributed by atoms with Crippen LogP contribution < -0.4 is 9.46 Å². The van der Waals surface area contributed by atoms with Gasteiger partial charge in [0.2, 0.25) is 0 Å². The number of sulfonamides is 1. The van der Waals surface area contributed by atoms with Crippen LogP contribution in [-0.2, 0) is 10.0 Å². The topological polar surface area (TPSA) is 92.7 Å². The summed E-state index contributed by atoms with van der Waals surface area (Å²) >= 11 is 3.28. The van der Waals surface area contributed by atoms with E-state index in [0.29, 0.717) is 4.47 Å². The van der Waals surface area contributed by atoms with Crippen molar-refractivity contribution in [2.75, 3.05) is 11.8 Å². The first-order valence-electron chi connectivity index (χ1n) is 6.45. The number of rotatable bonds is 5. The van der Waals surface area contributed by atoms with Gasteiger partial charge in [-0.2, -0.15) is 0 Å². The first kappa shape index (κ1) is 17.3. The van der Waals surface area contributed by atoms with Gasteiger partial charge in [-0.1, -0.05) is 28.1 Å². The Bertz CT molecular complexity index is 864. The minimum Gasteiger partial charge on any atom is -0.495 e. The Balaban J connectivity index is 2.53. The monoisotopic (exact) mass is 399 g/mol. The maximum atomic E-state index is 12.6. The zero-order valence-electron chi connectivity index (χ0n) is 12.3. The van der Waals surface area contributed by atoms with Gasteiger partial charge in [-0.25, -0.2) is 13.2 Å². The molecule has 6 nitrogen and oxygen atoms in total. The Morgan fingerprint density at radius 3 is 2.52 bits per heavy atom. The predicted molar refractivity (Wildman–Crippen MR) is 89.6 cm³/mol. The van der Waals surface area contributed by atoms with E-state index in [0.717, 1.165) is 5.56 Å². The summed E-state index contributed by atoms with van der Waals surface area (Å²) in [6.45, 7) is 1.80. The number of carboxylic acid groups (broad SMARTS) is 1. The highest BCUT2D eigenvalue weighted by molar-refractivity contribution is 9.10. The average Bonchev–Trinajstić information content (AvgIpc) is 2.49. The molecule has 0 radical (unpaired) electrons. The van der Waals surface area contributed by atoms with E-state index in [2.05, 4.69) is 20.7 Å². The number of halogens is 1.